The van der Waals surface area contributed by atoms with E-state index in [0.29, 0.717) is 6.04 Å². The largest absolute Gasteiger partial charge is 0.315 e. The first-order chi connectivity index (χ1) is 11.9. The molecule has 1 aliphatic rings. The van der Waals surface area contributed by atoms with Crippen LogP contribution < -0.4 is 0 Å². The Bertz CT molecular complexity index is 785. The van der Waals surface area contributed by atoms with E-state index in [2.05, 4.69) is 34.7 Å². The van der Waals surface area contributed by atoms with Gasteiger partial charge >= 0.3 is 0 Å². The molecule has 24 heavy (non-hydrogen) atoms. The Morgan fingerprint density at radius 2 is 2.00 bits per heavy atom. The number of unbranched alkanes of at least 4 members (excludes halogenated alkanes) is 1. The second-order valence-corrected chi connectivity index (χ2v) is 6.57. The van der Waals surface area contributed by atoms with Crippen molar-refractivity contribution >= 4 is 11.2 Å². The highest BCUT2D eigenvalue weighted by Crippen LogP contribution is 2.28. The zero-order chi connectivity index (χ0) is 16.2. The summed E-state index contributed by atoms with van der Waals surface area (Å²) in [6.45, 7) is 0.929. The molecule has 0 atom stereocenters. The van der Waals surface area contributed by atoms with Gasteiger partial charge in [0.15, 0.2) is 11.5 Å². The van der Waals surface area contributed by atoms with Crippen molar-refractivity contribution in [3.05, 3.63) is 30.5 Å². The van der Waals surface area contributed by atoms with E-state index in [4.69, 9.17) is 0 Å². The van der Waals surface area contributed by atoms with Crippen molar-refractivity contribution in [2.75, 3.05) is 0 Å². The fourth-order valence-corrected chi connectivity index (χ4v) is 3.61. The molecule has 0 spiro atoms. The normalized spacial score (nSPS) is 16.0. The van der Waals surface area contributed by atoms with Crippen LogP contribution in [-0.2, 0) is 13.0 Å². The highest BCUT2D eigenvalue weighted by Gasteiger charge is 2.19. The summed E-state index contributed by atoms with van der Waals surface area (Å²) in [5.74, 6) is 1.04. The molecule has 7 heteroatoms. The van der Waals surface area contributed by atoms with E-state index in [-0.39, 0.29) is 0 Å². The minimum Gasteiger partial charge on any atom is -0.315 e. The first-order valence-corrected chi connectivity index (χ1v) is 8.94. The van der Waals surface area contributed by atoms with Crippen molar-refractivity contribution in [2.45, 2.75) is 64.0 Å². The number of hydrogen-bond acceptors (Lipinski definition) is 5. The lowest BCUT2D eigenvalue weighted by molar-refractivity contribution is 0.316. The van der Waals surface area contributed by atoms with Gasteiger partial charge < -0.3 is 4.57 Å². The molecular weight excluding hydrogens is 302 g/mol. The van der Waals surface area contributed by atoms with Gasteiger partial charge in [-0.25, -0.2) is 14.6 Å². The van der Waals surface area contributed by atoms with Crippen LogP contribution in [0.3, 0.4) is 0 Å². The molecule has 0 N–H and O–H groups in total. The summed E-state index contributed by atoms with van der Waals surface area (Å²) in [7, 11) is 0. The van der Waals surface area contributed by atoms with E-state index in [9.17, 15) is 0 Å². The van der Waals surface area contributed by atoms with E-state index in [1.54, 1.807) is 0 Å². The van der Waals surface area contributed by atoms with Gasteiger partial charge in [-0.2, -0.15) is 0 Å². The smallest absolute Gasteiger partial charge is 0.159 e. The van der Waals surface area contributed by atoms with E-state index in [0.717, 1.165) is 42.8 Å². The number of aromatic nitrogens is 7. The van der Waals surface area contributed by atoms with Gasteiger partial charge in [-0.3, -0.25) is 0 Å². The number of rotatable bonds is 6. The van der Waals surface area contributed by atoms with Gasteiger partial charge in [0.2, 0.25) is 0 Å². The summed E-state index contributed by atoms with van der Waals surface area (Å²) in [6, 6.07) is 4.42. The maximum atomic E-state index is 4.41. The number of tetrazole rings is 1. The molecule has 0 radical (unpaired) electrons. The van der Waals surface area contributed by atoms with E-state index in [1.165, 1.54) is 32.1 Å². The van der Waals surface area contributed by atoms with Crippen molar-refractivity contribution in [2.24, 2.45) is 0 Å². The monoisotopic (exact) mass is 325 g/mol. The van der Waals surface area contributed by atoms with Crippen LogP contribution in [0.2, 0.25) is 0 Å². The second-order valence-electron chi connectivity index (χ2n) is 6.57. The lowest BCUT2D eigenvalue weighted by atomic mass is 9.95. The molecule has 3 heterocycles. The van der Waals surface area contributed by atoms with Crippen molar-refractivity contribution < 1.29 is 0 Å². The topological polar surface area (TPSA) is 74.3 Å². The number of hydrogen-bond donors (Lipinski definition) is 0. The van der Waals surface area contributed by atoms with Crippen LogP contribution in [-0.4, -0.2) is 34.7 Å². The lowest BCUT2D eigenvalue weighted by Crippen LogP contribution is -2.17. The Morgan fingerprint density at radius 1 is 1.08 bits per heavy atom. The standard InChI is InChI=1S/C17H23N7/c1-2-7-14(8-3-1)24-16(20-21-22-24)10-4-5-12-23-13-19-15-9-6-11-18-17(15)23/h6,9,11,13-14H,1-5,7-8,10,12H2. The summed E-state index contributed by atoms with van der Waals surface area (Å²) in [5, 5.41) is 12.4. The quantitative estimate of drug-likeness (QED) is 0.651. The van der Waals surface area contributed by atoms with Gasteiger partial charge in [0.1, 0.15) is 5.52 Å². The Morgan fingerprint density at radius 3 is 2.92 bits per heavy atom. The van der Waals surface area contributed by atoms with Crippen molar-refractivity contribution in [3.63, 3.8) is 0 Å². The van der Waals surface area contributed by atoms with Gasteiger partial charge in [-0.15, -0.1) is 5.10 Å². The Hall–Kier alpha value is -2.31. The summed E-state index contributed by atoms with van der Waals surface area (Å²) in [6.07, 6.45) is 13.1. The van der Waals surface area contributed by atoms with Crippen LogP contribution in [0, 0.1) is 0 Å². The van der Waals surface area contributed by atoms with Gasteiger partial charge in [0, 0.05) is 19.2 Å². The predicted octanol–water partition coefficient (Wildman–Crippen LogP) is 2.95. The fourth-order valence-electron chi connectivity index (χ4n) is 3.61. The molecule has 3 aromatic heterocycles. The number of pyridine rings is 1. The third-order valence-corrected chi connectivity index (χ3v) is 4.91. The number of imidazole rings is 1. The molecule has 0 bridgehead atoms. The summed E-state index contributed by atoms with van der Waals surface area (Å²) in [5.41, 5.74) is 1.92. The molecule has 1 saturated carbocycles. The van der Waals surface area contributed by atoms with Gasteiger partial charge in [-0.1, -0.05) is 19.3 Å². The van der Waals surface area contributed by atoms with Gasteiger partial charge in [-0.05, 0) is 48.2 Å². The molecule has 0 unspecified atom stereocenters. The Labute approximate surface area is 141 Å². The zero-order valence-corrected chi connectivity index (χ0v) is 13.9. The molecule has 7 nitrogen and oxygen atoms in total. The van der Waals surface area contributed by atoms with Crippen LogP contribution in [0.25, 0.3) is 11.2 Å². The highest BCUT2D eigenvalue weighted by atomic mass is 15.5. The molecule has 3 aromatic rings. The zero-order valence-electron chi connectivity index (χ0n) is 13.9. The Balaban J connectivity index is 1.32. The second kappa shape index (κ2) is 7.07. The third-order valence-electron chi connectivity index (χ3n) is 4.91. The lowest BCUT2D eigenvalue weighted by Gasteiger charge is -2.22. The minimum absolute atomic E-state index is 0.505. The summed E-state index contributed by atoms with van der Waals surface area (Å²) < 4.78 is 4.20. The third kappa shape index (κ3) is 3.16. The summed E-state index contributed by atoms with van der Waals surface area (Å²) in [4.78, 5) is 8.80. The fraction of sp³-hybridized carbons (Fsp3) is 0.588. The van der Waals surface area contributed by atoms with E-state index in [1.807, 2.05) is 24.7 Å². The molecule has 0 amide bonds. The number of fused-ring (bicyclic) bond motifs is 1. The molecule has 4 rings (SSSR count). The Kier molecular flexibility index (Phi) is 4.49. The van der Waals surface area contributed by atoms with Gasteiger partial charge in [0.25, 0.3) is 0 Å². The average Bonchev–Trinajstić information content (AvgIpc) is 3.27. The molecule has 1 fully saturated rings. The van der Waals surface area contributed by atoms with Crippen LogP contribution in [0.1, 0.15) is 56.8 Å². The first-order valence-electron chi connectivity index (χ1n) is 8.94. The van der Waals surface area contributed by atoms with Crippen LogP contribution in [0.4, 0.5) is 0 Å². The maximum Gasteiger partial charge on any atom is 0.159 e. The van der Waals surface area contributed by atoms with Gasteiger partial charge in [0.05, 0.1) is 12.4 Å². The summed E-state index contributed by atoms with van der Waals surface area (Å²) >= 11 is 0. The predicted molar refractivity (Wildman–Crippen MR) is 90.4 cm³/mol. The van der Waals surface area contributed by atoms with Crippen molar-refractivity contribution in [1.29, 1.82) is 0 Å². The molecule has 1 aliphatic carbocycles. The molecule has 0 aliphatic heterocycles. The van der Waals surface area contributed by atoms with E-state index >= 15 is 0 Å². The molecular formula is C17H23N7. The van der Waals surface area contributed by atoms with Crippen LogP contribution in [0.5, 0.6) is 0 Å². The minimum atomic E-state index is 0.505. The average molecular weight is 325 g/mol. The highest BCUT2D eigenvalue weighted by molar-refractivity contribution is 5.69. The first kappa shape index (κ1) is 15.2. The van der Waals surface area contributed by atoms with Crippen LogP contribution in [0.15, 0.2) is 24.7 Å². The van der Waals surface area contributed by atoms with Crippen molar-refractivity contribution in [3.8, 4) is 0 Å². The van der Waals surface area contributed by atoms with E-state index < -0.39 is 0 Å². The number of aryl methyl sites for hydroxylation is 2. The molecule has 0 aromatic carbocycles. The number of nitrogens with zero attached hydrogens (tertiary/aromatic N) is 7. The molecule has 0 saturated heterocycles. The van der Waals surface area contributed by atoms with Crippen molar-refractivity contribution in [1.82, 2.24) is 34.7 Å². The maximum absolute atomic E-state index is 4.41. The van der Waals surface area contributed by atoms with Crippen LogP contribution >= 0.6 is 0 Å². The molecule has 126 valence electrons. The SMILES string of the molecule is c1cnc2c(c1)ncn2CCCCc1nnnn1C1CCCCC1.